The SMILES string of the molecule is CCn1cc(Cc2ccc(C(=O)NCc3ccccc3)cc2-c2ccc(C)cc2C(=O)O)c2ccc(C(=N)N)cc21. The molecule has 0 aliphatic heterocycles. The number of aryl methyl sites for hydroxylation is 2. The molecule has 5 aromatic rings. The van der Waals surface area contributed by atoms with Gasteiger partial charge in [0.1, 0.15) is 5.84 Å². The maximum atomic E-state index is 13.2. The number of nitrogens with zero attached hydrogens (tertiary/aromatic N) is 1. The first-order valence-electron chi connectivity index (χ1n) is 13.5. The fourth-order valence-corrected chi connectivity index (χ4v) is 5.22. The van der Waals surface area contributed by atoms with E-state index in [9.17, 15) is 14.7 Å². The minimum absolute atomic E-state index is 0.0151. The molecule has 5 rings (SSSR count). The van der Waals surface area contributed by atoms with Crippen LogP contribution in [-0.2, 0) is 19.5 Å². The number of carboxylic acid groups (broad SMARTS) is 1. The van der Waals surface area contributed by atoms with Gasteiger partial charge in [0.05, 0.1) is 5.56 Å². The molecule has 41 heavy (non-hydrogen) atoms. The second-order valence-corrected chi connectivity index (χ2v) is 10.2. The van der Waals surface area contributed by atoms with Crippen molar-refractivity contribution in [3.63, 3.8) is 0 Å². The average Bonchev–Trinajstić information content (AvgIpc) is 3.33. The van der Waals surface area contributed by atoms with Crippen molar-refractivity contribution in [3.8, 4) is 11.1 Å². The van der Waals surface area contributed by atoms with Crippen LogP contribution in [-0.4, -0.2) is 27.4 Å². The van der Waals surface area contributed by atoms with E-state index >= 15 is 0 Å². The Balaban J connectivity index is 1.59. The van der Waals surface area contributed by atoms with Gasteiger partial charge in [0.25, 0.3) is 5.91 Å². The molecule has 0 radical (unpaired) electrons. The monoisotopic (exact) mass is 544 g/mol. The number of rotatable bonds is 9. The van der Waals surface area contributed by atoms with E-state index < -0.39 is 5.97 Å². The first kappa shape index (κ1) is 27.4. The number of benzene rings is 4. The predicted octanol–water partition coefficient (Wildman–Crippen LogP) is 6.14. The average molecular weight is 545 g/mol. The molecule has 0 atom stereocenters. The predicted molar refractivity (Wildman–Crippen MR) is 163 cm³/mol. The minimum Gasteiger partial charge on any atom is -0.478 e. The number of amidine groups is 1. The second-order valence-electron chi connectivity index (χ2n) is 10.2. The van der Waals surface area contributed by atoms with Crippen LogP contribution in [0.1, 0.15) is 55.5 Å². The zero-order valence-electron chi connectivity index (χ0n) is 23.1. The van der Waals surface area contributed by atoms with Gasteiger partial charge in [0, 0.05) is 47.7 Å². The molecule has 0 fully saturated rings. The zero-order chi connectivity index (χ0) is 29.1. The third-order valence-corrected chi connectivity index (χ3v) is 7.36. The molecule has 7 nitrogen and oxygen atoms in total. The highest BCUT2D eigenvalue weighted by Crippen LogP contribution is 2.33. The maximum absolute atomic E-state index is 13.2. The molecule has 0 saturated heterocycles. The van der Waals surface area contributed by atoms with Crippen molar-refractivity contribution in [1.82, 2.24) is 9.88 Å². The Morgan fingerprint density at radius 2 is 1.66 bits per heavy atom. The van der Waals surface area contributed by atoms with Crippen LogP contribution in [0.2, 0.25) is 0 Å². The van der Waals surface area contributed by atoms with Crippen LogP contribution in [0.5, 0.6) is 0 Å². The van der Waals surface area contributed by atoms with Crippen molar-refractivity contribution < 1.29 is 14.7 Å². The molecule has 5 N–H and O–H groups in total. The van der Waals surface area contributed by atoms with Gasteiger partial charge in [-0.25, -0.2) is 4.79 Å². The number of hydrogen-bond acceptors (Lipinski definition) is 3. The molecular formula is C34H32N4O3. The van der Waals surface area contributed by atoms with Crippen molar-refractivity contribution in [2.45, 2.75) is 33.4 Å². The van der Waals surface area contributed by atoms with Gasteiger partial charge in [-0.15, -0.1) is 0 Å². The Labute approximate surface area is 238 Å². The third-order valence-electron chi connectivity index (χ3n) is 7.36. The molecule has 0 bridgehead atoms. The van der Waals surface area contributed by atoms with Gasteiger partial charge in [0.15, 0.2) is 0 Å². The van der Waals surface area contributed by atoms with E-state index in [1.54, 1.807) is 18.2 Å². The molecule has 4 aromatic carbocycles. The third kappa shape index (κ3) is 5.75. The van der Waals surface area contributed by atoms with Gasteiger partial charge in [0.2, 0.25) is 0 Å². The molecule has 0 unspecified atom stereocenters. The van der Waals surface area contributed by atoms with E-state index in [4.69, 9.17) is 11.1 Å². The Bertz CT molecular complexity index is 1790. The Hall–Kier alpha value is -5.17. The fourth-order valence-electron chi connectivity index (χ4n) is 5.22. The molecular weight excluding hydrogens is 512 g/mol. The number of nitrogen functional groups attached to an aromatic ring is 1. The molecule has 0 saturated carbocycles. The molecule has 0 aliphatic rings. The van der Waals surface area contributed by atoms with Gasteiger partial charge < -0.3 is 20.7 Å². The summed E-state index contributed by atoms with van der Waals surface area (Å²) < 4.78 is 2.12. The number of nitrogens with two attached hydrogens (primary N) is 1. The lowest BCUT2D eigenvalue weighted by atomic mass is 9.89. The summed E-state index contributed by atoms with van der Waals surface area (Å²) in [4.78, 5) is 25.5. The number of nitrogens with one attached hydrogen (secondary N) is 2. The minimum atomic E-state index is -1.02. The quantitative estimate of drug-likeness (QED) is 0.132. The number of hydrogen-bond donors (Lipinski definition) is 4. The van der Waals surface area contributed by atoms with Crippen LogP contribution in [0.4, 0.5) is 0 Å². The number of carbonyl (C=O) groups is 2. The number of aromatic nitrogens is 1. The molecule has 1 aromatic heterocycles. The van der Waals surface area contributed by atoms with E-state index in [2.05, 4.69) is 23.0 Å². The van der Waals surface area contributed by atoms with Crippen LogP contribution in [0.25, 0.3) is 22.0 Å². The van der Waals surface area contributed by atoms with Crippen molar-refractivity contribution in [2.24, 2.45) is 5.73 Å². The number of fused-ring (bicyclic) bond motifs is 1. The molecule has 0 aliphatic carbocycles. The lowest BCUT2D eigenvalue weighted by Crippen LogP contribution is -2.22. The number of amides is 1. The standard InChI is InChI=1S/C34H32N4O3/c1-3-38-20-26(27-14-12-24(32(35)36)18-31(27)38)16-23-10-11-25(33(39)37-19-22-7-5-4-6-8-22)17-29(23)28-13-9-21(2)15-30(28)34(40)41/h4-15,17-18,20H,3,16,19H2,1-2H3,(H3,35,36)(H,37,39)(H,40,41). The largest absolute Gasteiger partial charge is 0.478 e. The van der Waals surface area contributed by atoms with Crippen molar-refractivity contribution in [3.05, 3.63) is 130 Å². The van der Waals surface area contributed by atoms with Crippen molar-refractivity contribution >= 4 is 28.6 Å². The fraction of sp³-hybridized carbons (Fsp3) is 0.147. The first-order chi connectivity index (χ1) is 19.7. The summed E-state index contributed by atoms with van der Waals surface area (Å²) in [5.41, 5.74) is 13.1. The van der Waals surface area contributed by atoms with Crippen LogP contribution in [0.3, 0.4) is 0 Å². The smallest absolute Gasteiger partial charge is 0.336 e. The Kier molecular flexibility index (Phi) is 7.70. The highest BCUT2D eigenvalue weighted by Gasteiger charge is 2.19. The second kappa shape index (κ2) is 11.5. The van der Waals surface area contributed by atoms with Crippen LogP contribution in [0.15, 0.2) is 91.1 Å². The highest BCUT2D eigenvalue weighted by atomic mass is 16.4. The molecule has 206 valence electrons. The lowest BCUT2D eigenvalue weighted by Gasteiger charge is -2.15. The maximum Gasteiger partial charge on any atom is 0.336 e. The summed E-state index contributed by atoms with van der Waals surface area (Å²) in [6.45, 7) is 5.05. The summed E-state index contributed by atoms with van der Waals surface area (Å²) in [6.07, 6.45) is 2.61. The normalized spacial score (nSPS) is 11.0. The van der Waals surface area contributed by atoms with E-state index in [1.165, 1.54) is 0 Å². The van der Waals surface area contributed by atoms with Gasteiger partial charge >= 0.3 is 5.97 Å². The molecule has 0 spiro atoms. The molecule has 7 heteroatoms. The van der Waals surface area contributed by atoms with E-state index in [1.807, 2.05) is 73.7 Å². The number of carboxylic acids is 1. The van der Waals surface area contributed by atoms with E-state index in [0.717, 1.165) is 39.7 Å². The first-order valence-corrected chi connectivity index (χ1v) is 13.5. The number of carbonyl (C=O) groups excluding carboxylic acids is 1. The van der Waals surface area contributed by atoms with Gasteiger partial charge in [-0.3, -0.25) is 10.2 Å². The van der Waals surface area contributed by atoms with Gasteiger partial charge in [-0.1, -0.05) is 66.2 Å². The molecule has 1 heterocycles. The Morgan fingerprint density at radius 1 is 0.902 bits per heavy atom. The van der Waals surface area contributed by atoms with E-state index in [-0.39, 0.29) is 17.3 Å². The van der Waals surface area contributed by atoms with E-state index in [0.29, 0.717) is 35.2 Å². The number of aromatic carboxylic acids is 1. The summed E-state index contributed by atoms with van der Waals surface area (Å²) in [5.74, 6) is -1.24. The van der Waals surface area contributed by atoms with Crippen molar-refractivity contribution in [1.29, 1.82) is 5.41 Å². The molecule has 1 amide bonds. The van der Waals surface area contributed by atoms with Crippen molar-refractivity contribution in [2.75, 3.05) is 0 Å². The summed E-state index contributed by atoms with van der Waals surface area (Å²) in [6, 6.07) is 26.3. The summed E-state index contributed by atoms with van der Waals surface area (Å²) in [5, 5.41) is 21.9. The van der Waals surface area contributed by atoms with Crippen LogP contribution >= 0.6 is 0 Å². The summed E-state index contributed by atoms with van der Waals surface area (Å²) in [7, 11) is 0. The Morgan fingerprint density at radius 3 is 2.37 bits per heavy atom. The van der Waals surface area contributed by atoms with Gasteiger partial charge in [-0.2, -0.15) is 0 Å². The lowest BCUT2D eigenvalue weighted by molar-refractivity contribution is 0.0697. The van der Waals surface area contributed by atoms with Crippen LogP contribution < -0.4 is 11.1 Å². The van der Waals surface area contributed by atoms with Gasteiger partial charge in [-0.05, 0) is 65.9 Å². The zero-order valence-corrected chi connectivity index (χ0v) is 23.1. The summed E-state index contributed by atoms with van der Waals surface area (Å²) >= 11 is 0. The highest BCUT2D eigenvalue weighted by molar-refractivity contribution is 6.01. The van der Waals surface area contributed by atoms with Crippen LogP contribution in [0, 0.1) is 12.3 Å². The topological polar surface area (TPSA) is 121 Å².